The lowest BCUT2D eigenvalue weighted by molar-refractivity contribution is 0.0939. The number of H-pyrrole nitrogens is 1. The number of hydrogen-bond donors (Lipinski definition) is 2. The average molecular weight is 253 g/mol. The van der Waals surface area contributed by atoms with Gasteiger partial charge in [-0.05, 0) is 13.1 Å². The van der Waals surface area contributed by atoms with Gasteiger partial charge in [-0.1, -0.05) is 27.7 Å². The molecule has 0 aliphatic rings. The summed E-state index contributed by atoms with van der Waals surface area (Å²) in [5, 5.41) is 9.51. The molecule has 1 aromatic heterocycles. The number of aromatic amines is 1. The third-order valence-electron chi connectivity index (χ3n) is 2.86. The van der Waals surface area contributed by atoms with Crippen molar-refractivity contribution in [3.63, 3.8) is 0 Å². The molecule has 0 unspecified atom stereocenters. The summed E-state index contributed by atoms with van der Waals surface area (Å²) in [5.74, 6) is 0.988. The molecule has 1 aromatic rings. The molecular weight excluding hydrogens is 230 g/mol. The first-order chi connectivity index (χ1) is 8.58. The maximum atomic E-state index is 11.8. The van der Waals surface area contributed by atoms with Gasteiger partial charge in [0.2, 0.25) is 5.82 Å². The van der Waals surface area contributed by atoms with Crippen LogP contribution >= 0.6 is 0 Å². The van der Waals surface area contributed by atoms with Gasteiger partial charge >= 0.3 is 0 Å². The second-order valence-corrected chi connectivity index (χ2v) is 4.48. The van der Waals surface area contributed by atoms with Crippen molar-refractivity contribution in [2.24, 2.45) is 0 Å². The molecule has 2 N–H and O–H groups in total. The number of rotatable bonds is 7. The molecule has 0 bridgehead atoms. The summed E-state index contributed by atoms with van der Waals surface area (Å²) in [6, 6.07) is 0. The number of aromatic nitrogens is 3. The van der Waals surface area contributed by atoms with E-state index in [0.717, 1.165) is 25.5 Å². The number of nitrogens with one attached hydrogen (secondary N) is 2. The number of hydrogen-bond acceptors (Lipinski definition) is 4. The number of carbonyl (C=O) groups excluding carboxylic acids is 1. The van der Waals surface area contributed by atoms with Crippen LogP contribution in [0, 0.1) is 0 Å². The molecule has 1 heterocycles. The van der Waals surface area contributed by atoms with Gasteiger partial charge in [0, 0.05) is 19.0 Å². The molecule has 0 saturated carbocycles. The predicted molar refractivity (Wildman–Crippen MR) is 70.6 cm³/mol. The van der Waals surface area contributed by atoms with Crippen molar-refractivity contribution in [3.8, 4) is 0 Å². The van der Waals surface area contributed by atoms with E-state index in [0.29, 0.717) is 6.54 Å². The first-order valence-corrected chi connectivity index (χ1v) is 6.51. The van der Waals surface area contributed by atoms with E-state index in [1.165, 1.54) is 0 Å². The van der Waals surface area contributed by atoms with E-state index in [1.807, 2.05) is 13.8 Å². The normalized spacial score (nSPS) is 11.2. The molecule has 0 aromatic carbocycles. The molecule has 0 aliphatic heterocycles. The van der Waals surface area contributed by atoms with Gasteiger partial charge in [-0.3, -0.25) is 9.89 Å². The zero-order valence-electron chi connectivity index (χ0n) is 11.7. The number of likely N-dealkylation sites (N-methyl/N-ethyl adjacent to an activating group) is 1. The topological polar surface area (TPSA) is 73.9 Å². The zero-order chi connectivity index (χ0) is 13.5. The van der Waals surface area contributed by atoms with Gasteiger partial charge in [0.25, 0.3) is 5.91 Å². The van der Waals surface area contributed by atoms with Crippen molar-refractivity contribution in [1.82, 2.24) is 25.4 Å². The minimum Gasteiger partial charge on any atom is -0.348 e. The van der Waals surface area contributed by atoms with Crippen LogP contribution in [0.4, 0.5) is 0 Å². The quantitative estimate of drug-likeness (QED) is 0.760. The molecule has 6 heteroatoms. The van der Waals surface area contributed by atoms with Crippen LogP contribution in [0.5, 0.6) is 0 Å². The SMILES string of the molecule is CCN(CC)CCNC(=O)c1n[nH]c(C(C)C)n1. The Morgan fingerprint density at radius 1 is 1.39 bits per heavy atom. The van der Waals surface area contributed by atoms with Gasteiger partial charge < -0.3 is 10.2 Å². The van der Waals surface area contributed by atoms with Crippen molar-refractivity contribution in [2.45, 2.75) is 33.6 Å². The summed E-state index contributed by atoms with van der Waals surface area (Å²) < 4.78 is 0. The lowest BCUT2D eigenvalue weighted by Gasteiger charge is -2.17. The fraction of sp³-hybridized carbons (Fsp3) is 0.750. The van der Waals surface area contributed by atoms with Gasteiger partial charge in [-0.15, -0.1) is 5.10 Å². The van der Waals surface area contributed by atoms with Crippen LogP contribution in [0.25, 0.3) is 0 Å². The van der Waals surface area contributed by atoms with Crippen molar-refractivity contribution in [3.05, 3.63) is 11.6 Å². The molecular formula is C12H23N5O. The lowest BCUT2D eigenvalue weighted by atomic mass is 10.2. The van der Waals surface area contributed by atoms with Crippen LogP contribution in [0.1, 0.15) is 50.1 Å². The first kappa shape index (κ1) is 14.6. The highest BCUT2D eigenvalue weighted by Crippen LogP contribution is 2.07. The molecule has 0 fully saturated rings. The third kappa shape index (κ3) is 4.10. The standard InChI is InChI=1S/C12H23N5O/c1-5-17(6-2)8-7-13-12(18)11-14-10(9(3)4)15-16-11/h9H,5-8H2,1-4H3,(H,13,18)(H,14,15,16). The smallest absolute Gasteiger partial charge is 0.291 e. The highest BCUT2D eigenvalue weighted by Gasteiger charge is 2.13. The van der Waals surface area contributed by atoms with E-state index < -0.39 is 0 Å². The van der Waals surface area contributed by atoms with Crippen LogP contribution in [-0.2, 0) is 0 Å². The Labute approximate surface area is 108 Å². The molecule has 1 amide bonds. The van der Waals surface area contributed by atoms with Gasteiger partial charge in [0.05, 0.1) is 0 Å². The highest BCUT2D eigenvalue weighted by molar-refractivity contribution is 5.90. The molecule has 0 saturated heterocycles. The fourth-order valence-corrected chi connectivity index (χ4v) is 1.58. The van der Waals surface area contributed by atoms with Gasteiger partial charge in [0.1, 0.15) is 5.82 Å². The van der Waals surface area contributed by atoms with E-state index in [9.17, 15) is 4.79 Å². The van der Waals surface area contributed by atoms with Gasteiger partial charge in [0.15, 0.2) is 0 Å². The van der Waals surface area contributed by atoms with Crippen molar-refractivity contribution >= 4 is 5.91 Å². The number of amides is 1. The summed E-state index contributed by atoms with van der Waals surface area (Å²) in [5.41, 5.74) is 0. The minimum absolute atomic E-state index is 0.217. The summed E-state index contributed by atoms with van der Waals surface area (Å²) in [4.78, 5) is 18.2. The Balaban J connectivity index is 2.40. The highest BCUT2D eigenvalue weighted by atomic mass is 16.2. The molecule has 1 rings (SSSR count). The summed E-state index contributed by atoms with van der Waals surface area (Å²) >= 11 is 0. The minimum atomic E-state index is -0.217. The fourth-order valence-electron chi connectivity index (χ4n) is 1.58. The van der Waals surface area contributed by atoms with Crippen LogP contribution in [0.2, 0.25) is 0 Å². The van der Waals surface area contributed by atoms with Crippen molar-refractivity contribution in [1.29, 1.82) is 0 Å². The predicted octanol–water partition coefficient (Wildman–Crippen LogP) is 1.000. The number of carbonyl (C=O) groups is 1. The third-order valence-corrected chi connectivity index (χ3v) is 2.86. The van der Waals surface area contributed by atoms with Gasteiger partial charge in [-0.2, -0.15) is 0 Å². The largest absolute Gasteiger partial charge is 0.348 e. The van der Waals surface area contributed by atoms with E-state index in [-0.39, 0.29) is 17.6 Å². The molecule has 0 spiro atoms. The Kier molecular flexibility index (Phi) is 5.77. The maximum absolute atomic E-state index is 11.8. The van der Waals surface area contributed by atoms with Crippen LogP contribution < -0.4 is 5.32 Å². The average Bonchev–Trinajstić information content (AvgIpc) is 2.84. The maximum Gasteiger partial charge on any atom is 0.291 e. The lowest BCUT2D eigenvalue weighted by Crippen LogP contribution is -2.35. The molecule has 18 heavy (non-hydrogen) atoms. The molecule has 0 aliphatic carbocycles. The second kappa shape index (κ2) is 7.10. The van der Waals surface area contributed by atoms with Crippen LogP contribution in [-0.4, -0.2) is 52.2 Å². The van der Waals surface area contributed by atoms with Crippen LogP contribution in [0.15, 0.2) is 0 Å². The molecule has 0 radical (unpaired) electrons. The monoisotopic (exact) mass is 253 g/mol. The summed E-state index contributed by atoms with van der Waals surface area (Å²) in [6.07, 6.45) is 0. The van der Waals surface area contributed by atoms with E-state index in [1.54, 1.807) is 0 Å². The Morgan fingerprint density at radius 3 is 2.56 bits per heavy atom. The van der Waals surface area contributed by atoms with E-state index in [2.05, 4.69) is 39.2 Å². The molecule has 0 atom stereocenters. The zero-order valence-corrected chi connectivity index (χ0v) is 11.7. The van der Waals surface area contributed by atoms with Crippen molar-refractivity contribution < 1.29 is 4.79 Å². The van der Waals surface area contributed by atoms with Crippen molar-refractivity contribution in [2.75, 3.05) is 26.2 Å². The second-order valence-electron chi connectivity index (χ2n) is 4.48. The summed E-state index contributed by atoms with van der Waals surface area (Å²) in [7, 11) is 0. The van der Waals surface area contributed by atoms with E-state index in [4.69, 9.17) is 0 Å². The van der Waals surface area contributed by atoms with Crippen LogP contribution in [0.3, 0.4) is 0 Å². The van der Waals surface area contributed by atoms with Gasteiger partial charge in [-0.25, -0.2) is 4.98 Å². The van der Waals surface area contributed by atoms with E-state index >= 15 is 0 Å². The Hall–Kier alpha value is -1.43. The molecule has 102 valence electrons. The summed E-state index contributed by atoms with van der Waals surface area (Å²) in [6.45, 7) is 11.7. The Morgan fingerprint density at radius 2 is 2.06 bits per heavy atom. The number of nitrogens with zero attached hydrogens (tertiary/aromatic N) is 3. The molecule has 6 nitrogen and oxygen atoms in total. The first-order valence-electron chi connectivity index (χ1n) is 6.51. The Bertz CT molecular complexity index is 370.